The molecular weight excluding hydrogens is 463 g/mol. The monoisotopic (exact) mass is 482 g/mol. The summed E-state index contributed by atoms with van der Waals surface area (Å²) < 4.78 is 5.40. The molecule has 1 aliphatic heterocycles. The number of carbonyl (C=O) groups excluding carboxylic acids is 2. The summed E-state index contributed by atoms with van der Waals surface area (Å²) in [6.07, 6.45) is 3.12. The summed E-state index contributed by atoms with van der Waals surface area (Å²) in [4.78, 5) is 32.0. The molecular formula is C25H20Cl2N2O4. The zero-order valence-electron chi connectivity index (χ0n) is 18.1. The molecule has 0 bridgehead atoms. The first-order valence-corrected chi connectivity index (χ1v) is 10.8. The number of Topliss-reactive ketones (excluding diaryl/α,β-unsaturated/α-hetero) is 1. The van der Waals surface area contributed by atoms with Crippen molar-refractivity contribution < 1.29 is 19.4 Å². The summed E-state index contributed by atoms with van der Waals surface area (Å²) >= 11 is 12.5. The fourth-order valence-electron chi connectivity index (χ4n) is 4.04. The van der Waals surface area contributed by atoms with Crippen molar-refractivity contribution >= 4 is 46.3 Å². The highest BCUT2D eigenvalue weighted by atomic mass is 35.5. The van der Waals surface area contributed by atoms with Crippen LogP contribution in [0.1, 0.15) is 28.3 Å². The van der Waals surface area contributed by atoms with Gasteiger partial charge in [-0.1, -0.05) is 29.3 Å². The van der Waals surface area contributed by atoms with Crippen molar-refractivity contribution in [1.82, 2.24) is 4.98 Å². The van der Waals surface area contributed by atoms with E-state index in [1.165, 1.54) is 12.0 Å². The van der Waals surface area contributed by atoms with Crippen molar-refractivity contribution in [3.05, 3.63) is 92.7 Å². The first-order chi connectivity index (χ1) is 15.7. The molecule has 1 fully saturated rings. The van der Waals surface area contributed by atoms with Crippen LogP contribution in [0.5, 0.6) is 5.75 Å². The number of anilines is 1. The number of amides is 1. The van der Waals surface area contributed by atoms with Crippen molar-refractivity contribution in [3.8, 4) is 5.75 Å². The second-order valence-electron chi connectivity index (χ2n) is 7.71. The Labute approximate surface area is 201 Å². The van der Waals surface area contributed by atoms with Crippen molar-refractivity contribution in [1.29, 1.82) is 0 Å². The highest BCUT2D eigenvalue weighted by Gasteiger charge is 2.47. The fraction of sp³-hybridized carbons (Fsp3) is 0.160. The largest absolute Gasteiger partial charge is 0.507 e. The minimum atomic E-state index is -0.908. The number of aryl methyl sites for hydroxylation is 2. The molecule has 6 nitrogen and oxygen atoms in total. The number of methoxy groups -OCH3 is 1. The van der Waals surface area contributed by atoms with E-state index in [1.807, 2.05) is 6.92 Å². The molecule has 2 aromatic carbocycles. The van der Waals surface area contributed by atoms with Crippen LogP contribution in [0.3, 0.4) is 0 Å². The van der Waals surface area contributed by atoms with Crippen molar-refractivity contribution in [2.45, 2.75) is 19.9 Å². The van der Waals surface area contributed by atoms with Gasteiger partial charge in [0.05, 0.1) is 29.3 Å². The van der Waals surface area contributed by atoms with E-state index in [9.17, 15) is 14.7 Å². The van der Waals surface area contributed by atoms with E-state index in [0.29, 0.717) is 16.3 Å². The van der Waals surface area contributed by atoms with Crippen LogP contribution < -0.4 is 9.64 Å². The predicted octanol–water partition coefficient (Wildman–Crippen LogP) is 5.64. The zero-order chi connectivity index (χ0) is 23.9. The van der Waals surface area contributed by atoms with E-state index in [0.717, 1.165) is 11.1 Å². The lowest BCUT2D eigenvalue weighted by molar-refractivity contribution is -0.132. The van der Waals surface area contributed by atoms with Gasteiger partial charge in [-0.3, -0.25) is 19.5 Å². The van der Waals surface area contributed by atoms with Crippen LogP contribution >= 0.6 is 23.2 Å². The first-order valence-electron chi connectivity index (χ1n) is 10.1. The number of rotatable bonds is 4. The number of benzene rings is 2. The Balaban J connectivity index is 2.03. The van der Waals surface area contributed by atoms with E-state index >= 15 is 0 Å². The summed E-state index contributed by atoms with van der Waals surface area (Å²) in [6.45, 7) is 3.62. The van der Waals surface area contributed by atoms with Crippen LogP contribution in [-0.4, -0.2) is 28.9 Å². The number of aliphatic hydroxyl groups is 1. The molecule has 4 rings (SSSR count). The van der Waals surface area contributed by atoms with Gasteiger partial charge >= 0.3 is 0 Å². The number of ketones is 1. The Morgan fingerprint density at radius 3 is 2.42 bits per heavy atom. The lowest BCUT2D eigenvalue weighted by atomic mass is 9.94. The van der Waals surface area contributed by atoms with Crippen LogP contribution in [0, 0.1) is 13.8 Å². The summed E-state index contributed by atoms with van der Waals surface area (Å²) in [5.41, 5.74) is 2.72. The maximum absolute atomic E-state index is 13.3. The fourth-order valence-corrected chi connectivity index (χ4v) is 4.56. The third-order valence-electron chi connectivity index (χ3n) is 5.54. The maximum atomic E-state index is 13.3. The number of aromatic nitrogens is 1. The highest BCUT2D eigenvalue weighted by molar-refractivity contribution is 6.52. The lowest BCUT2D eigenvalue weighted by Crippen LogP contribution is -2.30. The number of hydrogen-bond acceptors (Lipinski definition) is 5. The zero-order valence-corrected chi connectivity index (χ0v) is 19.6. The van der Waals surface area contributed by atoms with Crippen LogP contribution in [0.25, 0.3) is 5.76 Å². The van der Waals surface area contributed by atoms with Gasteiger partial charge in [0.1, 0.15) is 11.5 Å². The molecule has 0 aliphatic carbocycles. The Morgan fingerprint density at radius 2 is 1.76 bits per heavy atom. The van der Waals surface area contributed by atoms with Crippen LogP contribution in [0.4, 0.5) is 5.69 Å². The Bertz CT molecular complexity index is 1310. The van der Waals surface area contributed by atoms with Gasteiger partial charge in [0, 0.05) is 23.1 Å². The van der Waals surface area contributed by atoms with Gasteiger partial charge in [-0.25, -0.2) is 0 Å². The molecule has 0 saturated carbocycles. The molecule has 0 spiro atoms. The van der Waals surface area contributed by atoms with Crippen LogP contribution in [0.15, 0.2) is 60.4 Å². The smallest absolute Gasteiger partial charge is 0.300 e. The third kappa shape index (κ3) is 3.96. The van der Waals surface area contributed by atoms with Crippen molar-refractivity contribution in [2.24, 2.45) is 0 Å². The Morgan fingerprint density at radius 1 is 1.06 bits per heavy atom. The van der Waals surface area contributed by atoms with Crippen LogP contribution in [0.2, 0.25) is 10.0 Å². The molecule has 0 radical (unpaired) electrons. The van der Waals surface area contributed by atoms with Gasteiger partial charge in [-0.05, 0) is 66.9 Å². The van der Waals surface area contributed by atoms with E-state index in [-0.39, 0.29) is 27.7 Å². The second kappa shape index (κ2) is 8.89. The molecule has 1 atom stereocenters. The molecule has 1 aliphatic rings. The quantitative estimate of drug-likeness (QED) is 0.295. The molecule has 1 aromatic heterocycles. The van der Waals surface area contributed by atoms with E-state index in [4.69, 9.17) is 27.9 Å². The predicted molar refractivity (Wildman–Crippen MR) is 128 cm³/mol. The summed E-state index contributed by atoms with van der Waals surface area (Å²) in [6, 6.07) is 10.9. The summed E-state index contributed by atoms with van der Waals surface area (Å²) in [5.74, 6) is -1.77. The summed E-state index contributed by atoms with van der Waals surface area (Å²) in [5, 5.41) is 12.1. The third-order valence-corrected chi connectivity index (χ3v) is 6.06. The minimum Gasteiger partial charge on any atom is -0.507 e. The molecule has 1 N–H and O–H groups in total. The molecule has 3 aromatic rings. The normalized spacial score (nSPS) is 17.5. The number of halogens is 2. The molecule has 1 unspecified atom stereocenters. The van der Waals surface area contributed by atoms with Gasteiger partial charge in [0.2, 0.25) is 0 Å². The lowest BCUT2D eigenvalue weighted by Gasteiger charge is -2.27. The Hall–Kier alpha value is -3.35. The van der Waals surface area contributed by atoms with Gasteiger partial charge in [-0.15, -0.1) is 0 Å². The molecule has 2 heterocycles. The molecule has 168 valence electrons. The number of carbonyl (C=O) groups is 2. The maximum Gasteiger partial charge on any atom is 0.300 e. The molecule has 1 amide bonds. The second-order valence-corrected chi connectivity index (χ2v) is 8.55. The van der Waals surface area contributed by atoms with Crippen molar-refractivity contribution in [2.75, 3.05) is 12.0 Å². The summed E-state index contributed by atoms with van der Waals surface area (Å²) in [7, 11) is 1.42. The Kier molecular flexibility index (Phi) is 6.15. The standard InChI is InChI=1S/C25H20Cl2N2O4/c1-13-10-17(24(33-3)18(27)11-13)22(30)20-21(15-6-8-28-9-7-15)29(25(32)23(20)31)19-12-16(26)5-4-14(19)2/h4-12,21,30H,1-3H3/b22-20+. The number of hydrogen-bond donors (Lipinski definition) is 1. The minimum absolute atomic E-state index is 0.0782. The number of ether oxygens (including phenoxy) is 1. The molecule has 8 heteroatoms. The topological polar surface area (TPSA) is 79.7 Å². The van der Waals surface area contributed by atoms with Gasteiger partial charge in [0.15, 0.2) is 0 Å². The number of nitrogens with zero attached hydrogens (tertiary/aromatic N) is 2. The van der Waals surface area contributed by atoms with E-state index in [1.54, 1.807) is 61.8 Å². The highest BCUT2D eigenvalue weighted by Crippen LogP contribution is 2.45. The van der Waals surface area contributed by atoms with Gasteiger partial charge in [0.25, 0.3) is 11.7 Å². The average molecular weight is 483 g/mol. The average Bonchev–Trinajstić information content (AvgIpc) is 3.05. The van der Waals surface area contributed by atoms with E-state index < -0.39 is 17.7 Å². The molecule has 1 saturated heterocycles. The van der Waals surface area contributed by atoms with Gasteiger partial charge < -0.3 is 9.84 Å². The van der Waals surface area contributed by atoms with Crippen molar-refractivity contribution in [3.63, 3.8) is 0 Å². The van der Waals surface area contributed by atoms with Gasteiger partial charge in [-0.2, -0.15) is 0 Å². The van der Waals surface area contributed by atoms with E-state index in [2.05, 4.69) is 4.98 Å². The number of aliphatic hydroxyl groups excluding tert-OH is 1. The van der Waals surface area contributed by atoms with Crippen LogP contribution in [-0.2, 0) is 9.59 Å². The first kappa shape index (κ1) is 22.8. The number of pyridine rings is 1. The SMILES string of the molecule is COc1c(Cl)cc(C)cc1/C(O)=C1\C(=O)C(=O)N(c2cc(Cl)ccc2C)C1c1ccncc1. The molecule has 33 heavy (non-hydrogen) atoms.